The summed E-state index contributed by atoms with van der Waals surface area (Å²) in [5.74, 6) is 2.03. The van der Waals surface area contributed by atoms with E-state index in [4.69, 9.17) is 4.74 Å². The highest BCUT2D eigenvalue weighted by Crippen LogP contribution is 2.51. The van der Waals surface area contributed by atoms with Crippen molar-refractivity contribution in [1.82, 2.24) is 10.6 Å². The lowest BCUT2D eigenvalue weighted by Gasteiger charge is -2.60. The number of rotatable bonds is 5. The maximum atomic E-state index is 11.7. The fourth-order valence-corrected chi connectivity index (χ4v) is 6.47. The third kappa shape index (κ3) is 5.38. The van der Waals surface area contributed by atoms with Gasteiger partial charge >= 0.3 is 0 Å². The first-order valence-corrected chi connectivity index (χ1v) is 11.5. The third-order valence-corrected chi connectivity index (χ3v) is 7.85. The molecule has 6 nitrogen and oxygen atoms in total. The Morgan fingerprint density at radius 2 is 2.07 bits per heavy atom. The maximum absolute atomic E-state index is 11.7. The Morgan fingerprint density at radius 1 is 1.33 bits per heavy atom. The highest BCUT2D eigenvalue weighted by atomic mass is 127. The summed E-state index contributed by atoms with van der Waals surface area (Å²) in [6.45, 7) is 12.5. The van der Waals surface area contributed by atoms with E-state index in [1.807, 2.05) is 6.92 Å². The van der Waals surface area contributed by atoms with Crippen LogP contribution in [0.1, 0.15) is 40.0 Å². The molecular weight excluding hydrogens is 477 g/mol. The van der Waals surface area contributed by atoms with E-state index in [0.717, 1.165) is 31.0 Å². The van der Waals surface area contributed by atoms with E-state index < -0.39 is 9.84 Å². The lowest BCUT2D eigenvalue weighted by atomic mass is 9.55. The summed E-state index contributed by atoms with van der Waals surface area (Å²) >= 11 is 0. The summed E-state index contributed by atoms with van der Waals surface area (Å²) in [7, 11) is -2.85. The predicted molar refractivity (Wildman–Crippen MR) is 120 cm³/mol. The molecule has 0 aromatic heterocycles. The molecule has 156 valence electrons. The molecule has 4 atom stereocenters. The van der Waals surface area contributed by atoms with Gasteiger partial charge in [0.15, 0.2) is 15.8 Å². The number of nitrogens with one attached hydrogen (secondary N) is 2. The number of guanidine groups is 1. The molecule has 0 amide bonds. The standard InChI is InChI=1S/C19H33N3O3S.HI/c1-13(2)10-20-18(21-11-14-7-9-26(23,24)12-14)22-16-15-6-5-8-25-17(15)19(16,3)4;/h14-17H,1,5-12H2,2-4H3,(H2,20,21,22);1H. The van der Waals surface area contributed by atoms with E-state index in [-0.39, 0.29) is 41.1 Å². The van der Waals surface area contributed by atoms with Gasteiger partial charge in [0.05, 0.1) is 24.2 Å². The van der Waals surface area contributed by atoms with Crippen LogP contribution in [0.3, 0.4) is 0 Å². The molecule has 0 spiro atoms. The van der Waals surface area contributed by atoms with E-state index in [9.17, 15) is 8.42 Å². The quantitative estimate of drug-likeness (QED) is 0.257. The number of sulfone groups is 1. The molecule has 3 rings (SSSR count). The van der Waals surface area contributed by atoms with Crippen molar-refractivity contribution in [2.45, 2.75) is 52.2 Å². The Balaban J connectivity index is 0.00000261. The second-order valence-corrected chi connectivity index (χ2v) is 11.0. The lowest BCUT2D eigenvalue weighted by Crippen LogP contribution is -2.71. The van der Waals surface area contributed by atoms with Gasteiger partial charge in [-0.25, -0.2) is 13.4 Å². The van der Waals surface area contributed by atoms with Gasteiger partial charge in [-0.15, -0.1) is 24.0 Å². The topological polar surface area (TPSA) is 79.8 Å². The number of halogens is 1. The lowest BCUT2D eigenvalue weighted by molar-refractivity contribution is -0.188. The summed E-state index contributed by atoms with van der Waals surface area (Å²) in [6, 6.07) is 0.316. The van der Waals surface area contributed by atoms with Crippen LogP contribution in [0.2, 0.25) is 0 Å². The molecule has 2 aliphatic heterocycles. The Hall–Kier alpha value is -0.350. The maximum Gasteiger partial charge on any atom is 0.191 e. The van der Waals surface area contributed by atoms with Crippen molar-refractivity contribution in [3.63, 3.8) is 0 Å². The molecule has 8 heteroatoms. The second kappa shape index (κ2) is 8.98. The molecule has 0 radical (unpaired) electrons. The van der Waals surface area contributed by atoms with Crippen molar-refractivity contribution in [2.75, 3.05) is 31.2 Å². The highest BCUT2D eigenvalue weighted by molar-refractivity contribution is 14.0. The monoisotopic (exact) mass is 511 g/mol. The Labute approximate surface area is 180 Å². The van der Waals surface area contributed by atoms with Crippen LogP contribution >= 0.6 is 24.0 Å². The highest BCUT2D eigenvalue weighted by Gasteiger charge is 2.58. The van der Waals surface area contributed by atoms with Crippen molar-refractivity contribution < 1.29 is 13.2 Å². The minimum Gasteiger partial charge on any atom is -0.377 e. The molecule has 2 saturated heterocycles. The van der Waals surface area contributed by atoms with Gasteiger partial charge in [-0.3, -0.25) is 0 Å². The zero-order chi connectivity index (χ0) is 18.9. The second-order valence-electron chi connectivity index (χ2n) is 8.81. The van der Waals surface area contributed by atoms with Crippen molar-refractivity contribution in [3.05, 3.63) is 12.2 Å². The molecule has 0 aromatic rings. The fourth-order valence-electron chi connectivity index (χ4n) is 4.60. The molecule has 2 N–H and O–H groups in total. The zero-order valence-corrected chi connectivity index (χ0v) is 19.8. The summed E-state index contributed by atoms with van der Waals surface area (Å²) in [4.78, 5) is 4.65. The number of hydrogen-bond donors (Lipinski definition) is 2. The minimum atomic E-state index is -2.85. The van der Waals surface area contributed by atoms with Crippen molar-refractivity contribution in [3.8, 4) is 0 Å². The zero-order valence-electron chi connectivity index (χ0n) is 16.7. The van der Waals surface area contributed by atoms with Crippen LogP contribution in [0.15, 0.2) is 17.1 Å². The molecule has 0 bridgehead atoms. The number of ether oxygens (including phenoxy) is 1. The van der Waals surface area contributed by atoms with Crippen molar-refractivity contribution in [1.29, 1.82) is 0 Å². The van der Waals surface area contributed by atoms with Crippen LogP contribution in [0, 0.1) is 17.3 Å². The molecule has 3 fully saturated rings. The normalized spacial score (nSPS) is 34.0. The smallest absolute Gasteiger partial charge is 0.191 e. The molecule has 1 saturated carbocycles. The summed E-state index contributed by atoms with van der Waals surface area (Å²) in [5.41, 5.74) is 1.06. The average molecular weight is 511 g/mol. The predicted octanol–water partition coefficient (Wildman–Crippen LogP) is 2.35. The van der Waals surface area contributed by atoms with E-state index >= 15 is 0 Å². The van der Waals surface area contributed by atoms with Crippen LogP contribution in [-0.4, -0.2) is 57.7 Å². The van der Waals surface area contributed by atoms with Gasteiger partial charge in [0, 0.05) is 30.5 Å². The van der Waals surface area contributed by atoms with Gasteiger partial charge in [0.2, 0.25) is 0 Å². The molecule has 2 heterocycles. The largest absolute Gasteiger partial charge is 0.377 e. The molecule has 0 aromatic carbocycles. The average Bonchev–Trinajstić information content (AvgIpc) is 2.93. The van der Waals surface area contributed by atoms with E-state index in [2.05, 4.69) is 36.1 Å². The van der Waals surface area contributed by atoms with Gasteiger partial charge in [-0.1, -0.05) is 26.0 Å². The fraction of sp³-hybridized carbons (Fsp3) is 0.842. The van der Waals surface area contributed by atoms with Crippen LogP contribution in [0.5, 0.6) is 0 Å². The molecular formula is C19H34IN3O3S. The van der Waals surface area contributed by atoms with Gasteiger partial charge < -0.3 is 15.4 Å². The van der Waals surface area contributed by atoms with Gasteiger partial charge in [-0.05, 0) is 32.1 Å². The summed E-state index contributed by atoms with van der Waals surface area (Å²) in [6.07, 6.45) is 3.34. The van der Waals surface area contributed by atoms with E-state index in [1.54, 1.807) is 0 Å². The number of nitrogens with zero attached hydrogens (tertiary/aromatic N) is 1. The third-order valence-electron chi connectivity index (χ3n) is 6.02. The molecule has 3 aliphatic rings. The van der Waals surface area contributed by atoms with E-state index in [0.29, 0.717) is 36.9 Å². The molecule has 4 unspecified atom stereocenters. The number of aliphatic imine (C=N–C) groups is 1. The first-order chi connectivity index (χ1) is 12.2. The van der Waals surface area contributed by atoms with Crippen LogP contribution in [-0.2, 0) is 14.6 Å². The van der Waals surface area contributed by atoms with Crippen LogP contribution in [0.4, 0.5) is 0 Å². The molecule has 1 aliphatic carbocycles. The van der Waals surface area contributed by atoms with E-state index in [1.165, 1.54) is 6.42 Å². The first kappa shape index (κ1) is 22.9. The Bertz CT molecular complexity index is 678. The summed E-state index contributed by atoms with van der Waals surface area (Å²) in [5, 5.41) is 6.99. The number of hydrogen-bond acceptors (Lipinski definition) is 4. The van der Waals surface area contributed by atoms with Crippen molar-refractivity contribution in [2.24, 2.45) is 22.2 Å². The van der Waals surface area contributed by atoms with Gasteiger partial charge in [0.25, 0.3) is 0 Å². The van der Waals surface area contributed by atoms with Crippen molar-refractivity contribution >= 4 is 39.8 Å². The molecule has 27 heavy (non-hydrogen) atoms. The van der Waals surface area contributed by atoms with Gasteiger partial charge in [0.1, 0.15) is 0 Å². The van der Waals surface area contributed by atoms with Crippen LogP contribution in [0.25, 0.3) is 0 Å². The Morgan fingerprint density at radius 3 is 2.70 bits per heavy atom. The summed E-state index contributed by atoms with van der Waals surface area (Å²) < 4.78 is 29.3. The van der Waals surface area contributed by atoms with Gasteiger partial charge in [-0.2, -0.15) is 0 Å². The first-order valence-electron chi connectivity index (χ1n) is 9.70. The Kier molecular flexibility index (Phi) is 7.63. The minimum absolute atomic E-state index is 0. The number of fused-ring (bicyclic) bond motifs is 1. The van der Waals surface area contributed by atoms with Crippen LogP contribution < -0.4 is 10.6 Å². The SMILES string of the molecule is C=C(C)CN=C(NCC1CCS(=O)(=O)C1)NC1C2CCCOC2C1(C)C.I.